The SMILES string of the molecule is O=C(c1ccn(C2CCCNC2)n1)N1CCN(c2cccc(O)c2)CC1. The number of nitrogens with zero attached hydrogens (tertiary/aromatic N) is 4. The van der Waals surface area contributed by atoms with E-state index in [2.05, 4.69) is 15.3 Å². The molecule has 0 saturated carbocycles. The van der Waals surface area contributed by atoms with Crippen molar-refractivity contribution in [3.05, 3.63) is 42.2 Å². The molecule has 1 amide bonds. The van der Waals surface area contributed by atoms with Crippen molar-refractivity contribution in [1.29, 1.82) is 0 Å². The Morgan fingerprint density at radius 2 is 2.04 bits per heavy atom. The van der Waals surface area contributed by atoms with Crippen molar-refractivity contribution in [3.8, 4) is 5.75 Å². The molecule has 2 saturated heterocycles. The van der Waals surface area contributed by atoms with Crippen molar-refractivity contribution in [2.24, 2.45) is 0 Å². The fourth-order valence-corrected chi connectivity index (χ4v) is 3.73. The molecule has 0 radical (unpaired) electrons. The van der Waals surface area contributed by atoms with Gasteiger partial charge >= 0.3 is 0 Å². The summed E-state index contributed by atoms with van der Waals surface area (Å²) in [7, 11) is 0. The summed E-state index contributed by atoms with van der Waals surface area (Å²) in [6.07, 6.45) is 4.17. The zero-order valence-electron chi connectivity index (χ0n) is 14.8. The molecule has 138 valence electrons. The minimum absolute atomic E-state index is 0.00285. The first-order valence-corrected chi connectivity index (χ1v) is 9.30. The van der Waals surface area contributed by atoms with Crippen LogP contribution in [0.2, 0.25) is 0 Å². The molecule has 1 unspecified atom stereocenters. The van der Waals surface area contributed by atoms with Crippen LogP contribution in [0.15, 0.2) is 36.5 Å². The van der Waals surface area contributed by atoms with Gasteiger partial charge < -0.3 is 20.2 Å². The molecule has 2 aromatic rings. The third-order valence-electron chi connectivity index (χ3n) is 5.23. The fourth-order valence-electron chi connectivity index (χ4n) is 3.73. The van der Waals surface area contributed by atoms with Gasteiger partial charge in [-0.3, -0.25) is 9.48 Å². The van der Waals surface area contributed by atoms with E-state index in [0.29, 0.717) is 24.8 Å². The monoisotopic (exact) mass is 355 g/mol. The Hall–Kier alpha value is -2.54. The molecule has 0 aliphatic carbocycles. The second-order valence-corrected chi connectivity index (χ2v) is 6.98. The first-order valence-electron chi connectivity index (χ1n) is 9.30. The normalized spacial score (nSPS) is 21.0. The number of piperidine rings is 1. The number of phenolic OH excluding ortho intramolecular Hbond substituents is 1. The van der Waals surface area contributed by atoms with Crippen molar-refractivity contribution in [3.63, 3.8) is 0 Å². The average Bonchev–Trinajstić information content (AvgIpc) is 3.18. The molecule has 7 heteroatoms. The topological polar surface area (TPSA) is 73.6 Å². The van der Waals surface area contributed by atoms with Gasteiger partial charge in [0.15, 0.2) is 0 Å². The number of hydrogen-bond donors (Lipinski definition) is 2. The number of amides is 1. The minimum Gasteiger partial charge on any atom is -0.508 e. The summed E-state index contributed by atoms with van der Waals surface area (Å²) < 4.78 is 1.93. The Bertz CT molecular complexity index is 761. The van der Waals surface area contributed by atoms with E-state index in [9.17, 15) is 9.90 Å². The van der Waals surface area contributed by atoms with Crippen LogP contribution in [0.25, 0.3) is 0 Å². The van der Waals surface area contributed by atoms with Gasteiger partial charge in [0, 0.05) is 50.7 Å². The van der Waals surface area contributed by atoms with E-state index in [-0.39, 0.29) is 11.7 Å². The van der Waals surface area contributed by atoms with Gasteiger partial charge in [-0.15, -0.1) is 0 Å². The van der Waals surface area contributed by atoms with E-state index in [1.165, 1.54) is 0 Å². The zero-order valence-corrected chi connectivity index (χ0v) is 14.8. The summed E-state index contributed by atoms with van der Waals surface area (Å²) in [6, 6.07) is 9.43. The molecular weight excluding hydrogens is 330 g/mol. The lowest BCUT2D eigenvalue weighted by molar-refractivity contribution is 0.0739. The molecule has 26 heavy (non-hydrogen) atoms. The zero-order chi connectivity index (χ0) is 17.9. The predicted octanol–water partition coefficient (Wildman–Crippen LogP) is 1.48. The quantitative estimate of drug-likeness (QED) is 0.872. The number of rotatable bonds is 3. The summed E-state index contributed by atoms with van der Waals surface area (Å²) in [6.45, 7) is 4.80. The smallest absolute Gasteiger partial charge is 0.274 e. The standard InChI is InChI=1S/C19H25N5O2/c25-17-5-1-3-15(13-17)22-9-11-23(12-10-22)19(26)18-6-8-24(21-18)16-4-2-7-20-14-16/h1,3,5-6,8,13,16,20,25H,2,4,7,9-12,14H2. The lowest BCUT2D eigenvalue weighted by atomic mass is 10.1. The maximum Gasteiger partial charge on any atom is 0.274 e. The number of nitrogens with one attached hydrogen (secondary N) is 1. The Morgan fingerprint density at radius 1 is 1.19 bits per heavy atom. The summed E-state index contributed by atoms with van der Waals surface area (Å²) >= 11 is 0. The number of piperazine rings is 1. The van der Waals surface area contributed by atoms with Crippen LogP contribution in [0.1, 0.15) is 29.4 Å². The van der Waals surface area contributed by atoms with Gasteiger partial charge in [0.05, 0.1) is 6.04 Å². The van der Waals surface area contributed by atoms with Crippen molar-refractivity contribution >= 4 is 11.6 Å². The highest BCUT2D eigenvalue weighted by atomic mass is 16.3. The van der Waals surface area contributed by atoms with Crippen molar-refractivity contribution < 1.29 is 9.90 Å². The number of carbonyl (C=O) groups excluding carboxylic acids is 1. The number of aromatic hydroxyl groups is 1. The number of phenols is 1. The number of benzene rings is 1. The van der Waals surface area contributed by atoms with Crippen LogP contribution in [-0.4, -0.2) is 65.0 Å². The van der Waals surface area contributed by atoms with Crippen molar-refractivity contribution in [2.45, 2.75) is 18.9 Å². The Kier molecular flexibility index (Phi) is 4.79. The first-order chi connectivity index (χ1) is 12.7. The van der Waals surface area contributed by atoms with Crippen LogP contribution >= 0.6 is 0 Å². The van der Waals surface area contributed by atoms with Gasteiger partial charge in [0.2, 0.25) is 0 Å². The lowest BCUT2D eigenvalue weighted by Gasteiger charge is -2.35. The molecule has 4 rings (SSSR count). The van der Waals surface area contributed by atoms with Crippen LogP contribution in [0.4, 0.5) is 5.69 Å². The summed E-state index contributed by atoms with van der Waals surface area (Å²) in [5, 5.41) is 17.6. The first kappa shape index (κ1) is 16.9. The molecule has 2 aliphatic rings. The second-order valence-electron chi connectivity index (χ2n) is 6.98. The Balaban J connectivity index is 1.37. The van der Waals surface area contributed by atoms with Gasteiger partial charge in [-0.2, -0.15) is 5.10 Å². The summed E-state index contributed by atoms with van der Waals surface area (Å²) in [4.78, 5) is 16.8. The number of anilines is 1. The third-order valence-corrected chi connectivity index (χ3v) is 5.23. The highest BCUT2D eigenvalue weighted by molar-refractivity contribution is 5.92. The Morgan fingerprint density at radius 3 is 2.77 bits per heavy atom. The minimum atomic E-state index is 0.00285. The molecule has 7 nitrogen and oxygen atoms in total. The largest absolute Gasteiger partial charge is 0.508 e. The summed E-state index contributed by atoms with van der Waals surface area (Å²) in [5.41, 5.74) is 1.52. The van der Waals surface area contributed by atoms with Crippen molar-refractivity contribution in [1.82, 2.24) is 20.0 Å². The average molecular weight is 355 g/mol. The molecule has 0 spiro atoms. The van der Waals surface area contributed by atoms with Gasteiger partial charge in [0.25, 0.3) is 5.91 Å². The molecule has 2 N–H and O–H groups in total. The van der Waals surface area contributed by atoms with Crippen LogP contribution < -0.4 is 10.2 Å². The molecule has 1 atom stereocenters. The van der Waals surface area contributed by atoms with Crippen LogP contribution in [0.3, 0.4) is 0 Å². The highest BCUT2D eigenvalue weighted by Gasteiger charge is 2.25. The van der Waals surface area contributed by atoms with Gasteiger partial charge in [-0.1, -0.05) is 6.07 Å². The molecular formula is C19H25N5O2. The number of hydrogen-bond acceptors (Lipinski definition) is 5. The third kappa shape index (κ3) is 3.53. The molecule has 2 aliphatic heterocycles. The molecule has 1 aromatic heterocycles. The molecule has 1 aromatic carbocycles. The summed E-state index contributed by atoms with van der Waals surface area (Å²) in [5.74, 6) is 0.270. The maximum absolute atomic E-state index is 12.8. The van der Waals surface area contributed by atoms with Crippen LogP contribution in [0.5, 0.6) is 5.75 Å². The van der Waals surface area contributed by atoms with E-state index in [1.54, 1.807) is 12.1 Å². The van der Waals surface area contributed by atoms with Crippen LogP contribution in [0, 0.1) is 0 Å². The fraction of sp³-hybridized carbons (Fsp3) is 0.474. The highest BCUT2D eigenvalue weighted by Crippen LogP contribution is 2.22. The molecule has 0 bridgehead atoms. The van der Waals surface area contributed by atoms with Gasteiger partial charge in [-0.25, -0.2) is 0 Å². The lowest BCUT2D eigenvalue weighted by Crippen LogP contribution is -2.49. The second kappa shape index (κ2) is 7.37. The Labute approximate surface area is 153 Å². The van der Waals surface area contributed by atoms with E-state index < -0.39 is 0 Å². The van der Waals surface area contributed by atoms with E-state index in [4.69, 9.17) is 0 Å². The number of aromatic nitrogens is 2. The predicted molar refractivity (Wildman–Crippen MR) is 99.6 cm³/mol. The van der Waals surface area contributed by atoms with E-state index in [1.807, 2.05) is 34.0 Å². The van der Waals surface area contributed by atoms with E-state index in [0.717, 1.165) is 44.7 Å². The van der Waals surface area contributed by atoms with E-state index >= 15 is 0 Å². The van der Waals surface area contributed by atoms with Crippen LogP contribution in [-0.2, 0) is 0 Å². The molecule has 3 heterocycles. The van der Waals surface area contributed by atoms with Gasteiger partial charge in [0.1, 0.15) is 11.4 Å². The maximum atomic E-state index is 12.8. The van der Waals surface area contributed by atoms with Gasteiger partial charge in [-0.05, 0) is 37.6 Å². The molecule has 2 fully saturated rings. The number of carbonyl (C=O) groups is 1. The van der Waals surface area contributed by atoms with Crippen molar-refractivity contribution in [2.75, 3.05) is 44.2 Å².